The Morgan fingerprint density at radius 2 is 2.25 bits per heavy atom. The summed E-state index contributed by atoms with van der Waals surface area (Å²) in [5.41, 5.74) is 4.39. The average Bonchev–Trinajstić information content (AvgIpc) is 2.89. The summed E-state index contributed by atoms with van der Waals surface area (Å²) in [6, 6.07) is 7.37. The van der Waals surface area contributed by atoms with Crippen molar-refractivity contribution in [1.82, 2.24) is 5.32 Å². The number of fused-ring (bicyclic) bond motifs is 1. The Bertz CT molecular complexity index is 484. The number of ether oxygens (including phenoxy) is 1. The second kappa shape index (κ2) is 5.38. The SMILES string of the molecule is CCOC1CC(NCc2ccc3c(c2)NCC3)C1(C)C. The quantitative estimate of drug-likeness (QED) is 0.866. The molecule has 3 nitrogen and oxygen atoms in total. The summed E-state index contributed by atoms with van der Waals surface area (Å²) in [4.78, 5) is 0. The molecule has 20 heavy (non-hydrogen) atoms. The molecule has 1 aromatic carbocycles. The number of hydrogen-bond acceptors (Lipinski definition) is 3. The first-order valence-corrected chi connectivity index (χ1v) is 7.82. The Morgan fingerprint density at radius 1 is 1.40 bits per heavy atom. The van der Waals surface area contributed by atoms with E-state index in [1.165, 1.54) is 16.8 Å². The van der Waals surface area contributed by atoms with Crippen LogP contribution in [-0.4, -0.2) is 25.3 Å². The van der Waals surface area contributed by atoms with Crippen molar-refractivity contribution in [1.29, 1.82) is 0 Å². The van der Waals surface area contributed by atoms with Crippen LogP contribution in [-0.2, 0) is 17.7 Å². The van der Waals surface area contributed by atoms with E-state index in [-0.39, 0.29) is 5.41 Å². The van der Waals surface area contributed by atoms with Crippen LogP contribution in [0.1, 0.15) is 38.3 Å². The molecular weight excluding hydrogens is 248 g/mol. The van der Waals surface area contributed by atoms with Crippen molar-refractivity contribution in [3.05, 3.63) is 29.3 Å². The average molecular weight is 274 g/mol. The molecule has 1 aromatic rings. The molecule has 1 saturated carbocycles. The van der Waals surface area contributed by atoms with Crippen LogP contribution in [0.5, 0.6) is 0 Å². The van der Waals surface area contributed by atoms with E-state index in [0.29, 0.717) is 12.1 Å². The van der Waals surface area contributed by atoms with Crippen molar-refractivity contribution in [2.45, 2.75) is 52.3 Å². The minimum atomic E-state index is 0.241. The molecule has 1 fully saturated rings. The van der Waals surface area contributed by atoms with Crippen molar-refractivity contribution in [3.8, 4) is 0 Å². The van der Waals surface area contributed by atoms with E-state index >= 15 is 0 Å². The molecule has 0 saturated heterocycles. The van der Waals surface area contributed by atoms with E-state index in [9.17, 15) is 0 Å². The van der Waals surface area contributed by atoms with E-state index in [2.05, 4.69) is 49.6 Å². The predicted molar refractivity (Wildman–Crippen MR) is 83.1 cm³/mol. The Balaban J connectivity index is 1.56. The van der Waals surface area contributed by atoms with Crippen molar-refractivity contribution >= 4 is 5.69 Å². The van der Waals surface area contributed by atoms with Crippen LogP contribution in [0.25, 0.3) is 0 Å². The highest BCUT2D eigenvalue weighted by molar-refractivity contribution is 5.57. The molecule has 1 aliphatic carbocycles. The number of benzene rings is 1. The summed E-state index contributed by atoms with van der Waals surface area (Å²) in [7, 11) is 0. The van der Waals surface area contributed by atoms with Gasteiger partial charge >= 0.3 is 0 Å². The number of anilines is 1. The molecule has 0 radical (unpaired) electrons. The molecule has 110 valence electrons. The summed E-state index contributed by atoms with van der Waals surface area (Å²) in [5, 5.41) is 7.15. The lowest BCUT2D eigenvalue weighted by Crippen LogP contribution is -2.60. The molecule has 0 bridgehead atoms. The first kappa shape index (κ1) is 13.9. The third-order valence-corrected chi connectivity index (χ3v) is 4.98. The normalized spacial score (nSPS) is 26.8. The molecule has 2 unspecified atom stereocenters. The smallest absolute Gasteiger partial charge is 0.0655 e. The fourth-order valence-corrected chi connectivity index (χ4v) is 3.40. The molecule has 2 N–H and O–H groups in total. The van der Waals surface area contributed by atoms with E-state index in [1.807, 2.05) is 0 Å². The lowest BCUT2D eigenvalue weighted by molar-refractivity contribution is -0.114. The molecule has 1 heterocycles. The molecule has 0 amide bonds. The van der Waals surface area contributed by atoms with Gasteiger partial charge in [-0.15, -0.1) is 0 Å². The van der Waals surface area contributed by atoms with Crippen LogP contribution in [0.2, 0.25) is 0 Å². The van der Waals surface area contributed by atoms with E-state index in [4.69, 9.17) is 4.74 Å². The van der Waals surface area contributed by atoms with Crippen LogP contribution in [0.3, 0.4) is 0 Å². The minimum Gasteiger partial charge on any atom is -0.384 e. The van der Waals surface area contributed by atoms with Crippen molar-refractivity contribution < 1.29 is 4.74 Å². The van der Waals surface area contributed by atoms with Gasteiger partial charge in [0.1, 0.15) is 0 Å². The lowest BCUT2D eigenvalue weighted by atomic mass is 9.64. The molecule has 3 rings (SSSR count). The van der Waals surface area contributed by atoms with Crippen LogP contribution >= 0.6 is 0 Å². The van der Waals surface area contributed by atoms with Gasteiger partial charge in [-0.05, 0) is 37.0 Å². The van der Waals surface area contributed by atoms with Gasteiger partial charge < -0.3 is 15.4 Å². The number of hydrogen-bond donors (Lipinski definition) is 2. The molecular formula is C17H26N2O. The molecule has 2 atom stereocenters. The third kappa shape index (κ3) is 2.45. The van der Waals surface area contributed by atoms with Gasteiger partial charge in [0.25, 0.3) is 0 Å². The Hall–Kier alpha value is -1.06. The zero-order chi connectivity index (χ0) is 14.2. The third-order valence-electron chi connectivity index (χ3n) is 4.98. The standard InChI is InChI=1S/C17H26N2O/c1-4-20-16-10-15(17(16,2)3)19-11-12-5-6-13-7-8-18-14(13)9-12/h5-6,9,15-16,18-19H,4,7-8,10-11H2,1-3H3. The number of rotatable bonds is 5. The molecule has 2 aliphatic rings. The summed E-state index contributed by atoms with van der Waals surface area (Å²) in [5.74, 6) is 0. The first-order valence-electron chi connectivity index (χ1n) is 7.82. The Kier molecular flexibility index (Phi) is 3.74. The maximum Gasteiger partial charge on any atom is 0.0655 e. The second-order valence-electron chi connectivity index (χ2n) is 6.60. The first-order chi connectivity index (χ1) is 9.61. The highest BCUT2D eigenvalue weighted by atomic mass is 16.5. The largest absolute Gasteiger partial charge is 0.384 e. The summed E-state index contributed by atoms with van der Waals surface area (Å²) >= 11 is 0. The molecule has 0 aromatic heterocycles. The van der Waals surface area contributed by atoms with E-state index in [0.717, 1.165) is 32.5 Å². The van der Waals surface area contributed by atoms with Crippen molar-refractivity contribution in [2.75, 3.05) is 18.5 Å². The molecule has 0 spiro atoms. The minimum absolute atomic E-state index is 0.241. The highest BCUT2D eigenvalue weighted by Gasteiger charge is 2.48. The van der Waals surface area contributed by atoms with Crippen LogP contribution in [0, 0.1) is 5.41 Å². The van der Waals surface area contributed by atoms with E-state index in [1.54, 1.807) is 0 Å². The van der Waals surface area contributed by atoms with Gasteiger partial charge in [-0.2, -0.15) is 0 Å². The van der Waals surface area contributed by atoms with Gasteiger partial charge in [-0.1, -0.05) is 26.0 Å². The van der Waals surface area contributed by atoms with E-state index < -0.39 is 0 Å². The van der Waals surface area contributed by atoms with Gasteiger partial charge in [0, 0.05) is 36.8 Å². The fraction of sp³-hybridized carbons (Fsp3) is 0.647. The monoisotopic (exact) mass is 274 g/mol. The van der Waals surface area contributed by atoms with Crippen molar-refractivity contribution in [3.63, 3.8) is 0 Å². The Labute approximate surface area is 122 Å². The summed E-state index contributed by atoms with van der Waals surface area (Å²) in [6.07, 6.45) is 2.70. The maximum absolute atomic E-state index is 5.79. The van der Waals surface area contributed by atoms with Crippen LogP contribution in [0.15, 0.2) is 18.2 Å². The lowest BCUT2D eigenvalue weighted by Gasteiger charge is -2.52. The fourth-order valence-electron chi connectivity index (χ4n) is 3.40. The van der Waals surface area contributed by atoms with Gasteiger partial charge in [0.15, 0.2) is 0 Å². The van der Waals surface area contributed by atoms with Crippen LogP contribution in [0.4, 0.5) is 5.69 Å². The van der Waals surface area contributed by atoms with Gasteiger partial charge in [0.05, 0.1) is 6.10 Å². The zero-order valence-electron chi connectivity index (χ0n) is 12.8. The zero-order valence-corrected chi connectivity index (χ0v) is 12.8. The molecule has 3 heteroatoms. The number of nitrogens with one attached hydrogen (secondary N) is 2. The molecule has 1 aliphatic heterocycles. The topological polar surface area (TPSA) is 33.3 Å². The Morgan fingerprint density at radius 3 is 3.00 bits per heavy atom. The van der Waals surface area contributed by atoms with Crippen molar-refractivity contribution in [2.24, 2.45) is 5.41 Å². The summed E-state index contributed by atoms with van der Waals surface area (Å²) < 4.78 is 5.79. The summed E-state index contributed by atoms with van der Waals surface area (Å²) in [6.45, 7) is 9.53. The highest BCUT2D eigenvalue weighted by Crippen LogP contribution is 2.42. The van der Waals surface area contributed by atoms with Gasteiger partial charge in [0.2, 0.25) is 0 Å². The van der Waals surface area contributed by atoms with Crippen LogP contribution < -0.4 is 10.6 Å². The van der Waals surface area contributed by atoms with Gasteiger partial charge in [-0.25, -0.2) is 0 Å². The second-order valence-corrected chi connectivity index (χ2v) is 6.60. The van der Waals surface area contributed by atoms with Gasteiger partial charge in [-0.3, -0.25) is 0 Å². The maximum atomic E-state index is 5.79. The predicted octanol–water partition coefficient (Wildman–Crippen LogP) is 2.95.